The highest BCUT2D eigenvalue weighted by Gasteiger charge is 2.23. The molecule has 2 aromatic heterocycles. The van der Waals surface area contributed by atoms with Crippen LogP contribution in [0.2, 0.25) is 0 Å². The molecule has 10 heteroatoms. The van der Waals surface area contributed by atoms with Gasteiger partial charge in [0.15, 0.2) is 17.0 Å². The number of fused-ring (bicyclic) bond motifs is 1. The number of nitrogens with zero attached hydrogens (tertiary/aromatic N) is 4. The average Bonchev–Trinajstić information content (AvgIpc) is 3.34. The Morgan fingerprint density at radius 3 is 2.44 bits per heavy atom. The first-order chi connectivity index (χ1) is 19.6. The summed E-state index contributed by atoms with van der Waals surface area (Å²) in [6.45, 7) is 10.3. The topological polar surface area (TPSA) is 120 Å². The zero-order valence-electron chi connectivity index (χ0n) is 25.0. The number of rotatable bonds is 12. The number of benzene rings is 1. The van der Waals surface area contributed by atoms with Crippen molar-refractivity contribution in [3.05, 3.63) is 41.7 Å². The number of hydrogen-bond donors (Lipinski definition) is 2. The van der Waals surface area contributed by atoms with E-state index in [9.17, 15) is 9.59 Å². The smallest absolute Gasteiger partial charge is 0.328 e. The molecule has 0 unspecified atom stereocenters. The van der Waals surface area contributed by atoms with Gasteiger partial charge in [0.2, 0.25) is 12.7 Å². The van der Waals surface area contributed by atoms with Crippen molar-refractivity contribution in [2.24, 2.45) is 11.3 Å². The number of esters is 2. The molecule has 1 aliphatic rings. The van der Waals surface area contributed by atoms with Crippen LogP contribution >= 0.6 is 0 Å². The van der Waals surface area contributed by atoms with Crippen LogP contribution in [-0.4, -0.2) is 44.8 Å². The van der Waals surface area contributed by atoms with E-state index in [1.165, 1.54) is 37.7 Å². The molecular weight excluding hydrogens is 520 g/mol. The molecule has 1 saturated carbocycles. The Morgan fingerprint density at radius 1 is 1.02 bits per heavy atom. The molecular formula is C31H44N6O4. The fourth-order valence-electron chi connectivity index (χ4n) is 4.82. The maximum absolute atomic E-state index is 12.5. The highest BCUT2D eigenvalue weighted by molar-refractivity contribution is 5.85. The third-order valence-electron chi connectivity index (χ3n) is 7.31. The van der Waals surface area contributed by atoms with Crippen LogP contribution in [0.3, 0.4) is 0 Å². The first-order valence-corrected chi connectivity index (χ1v) is 14.7. The molecule has 0 spiro atoms. The van der Waals surface area contributed by atoms with Gasteiger partial charge in [-0.1, -0.05) is 57.4 Å². The lowest BCUT2D eigenvalue weighted by Crippen LogP contribution is -2.25. The number of aromatic nitrogens is 4. The molecule has 1 aromatic carbocycles. The molecule has 222 valence electrons. The maximum Gasteiger partial charge on any atom is 0.328 e. The van der Waals surface area contributed by atoms with Gasteiger partial charge in [-0.15, -0.1) is 0 Å². The standard InChI is InChI=1S/C31H44N6O4/c1-21(2)15-16-32-27-26-28(37(19-34-26)18-25(38)40-20-41-29(39)31(3,4)5)36-30(35-27)33-17-22-11-13-24(14-12-22)23-9-7-6-8-10-23/h11-14,19,21,23H,6-10,15-18,20H2,1-5H3,(H2,32,33,35,36). The molecule has 2 heterocycles. The van der Waals surface area contributed by atoms with Gasteiger partial charge < -0.3 is 24.7 Å². The summed E-state index contributed by atoms with van der Waals surface area (Å²) in [7, 11) is 0. The van der Waals surface area contributed by atoms with Crippen LogP contribution in [0.25, 0.3) is 11.2 Å². The summed E-state index contributed by atoms with van der Waals surface area (Å²) in [4.78, 5) is 38.3. The van der Waals surface area contributed by atoms with Gasteiger partial charge in [0.1, 0.15) is 6.54 Å². The van der Waals surface area contributed by atoms with Gasteiger partial charge in [0, 0.05) is 13.1 Å². The Kier molecular flexibility index (Phi) is 10.2. The van der Waals surface area contributed by atoms with E-state index in [2.05, 4.69) is 58.7 Å². The van der Waals surface area contributed by atoms with E-state index in [1.54, 1.807) is 31.7 Å². The summed E-state index contributed by atoms with van der Waals surface area (Å²) in [6, 6.07) is 8.83. The van der Waals surface area contributed by atoms with Crippen LogP contribution in [0.4, 0.5) is 11.8 Å². The number of hydrogen-bond acceptors (Lipinski definition) is 9. The minimum absolute atomic E-state index is 0.131. The lowest BCUT2D eigenvalue weighted by molar-refractivity contribution is -0.173. The second kappa shape index (κ2) is 13.8. The molecule has 0 amide bonds. The lowest BCUT2D eigenvalue weighted by Gasteiger charge is -2.22. The molecule has 0 aliphatic heterocycles. The highest BCUT2D eigenvalue weighted by atomic mass is 16.7. The Morgan fingerprint density at radius 2 is 1.76 bits per heavy atom. The molecule has 1 fully saturated rings. The summed E-state index contributed by atoms with van der Waals surface area (Å²) in [5, 5.41) is 6.73. The van der Waals surface area contributed by atoms with Crippen molar-refractivity contribution in [3.8, 4) is 0 Å². The molecule has 0 atom stereocenters. The predicted octanol–water partition coefficient (Wildman–Crippen LogP) is 6.03. The molecule has 0 bridgehead atoms. The van der Waals surface area contributed by atoms with Crippen LogP contribution in [0.1, 0.15) is 90.2 Å². The van der Waals surface area contributed by atoms with Crippen molar-refractivity contribution in [2.75, 3.05) is 24.0 Å². The third-order valence-corrected chi connectivity index (χ3v) is 7.31. The first-order valence-electron chi connectivity index (χ1n) is 14.7. The largest absolute Gasteiger partial charge is 0.427 e. The Labute approximate surface area is 242 Å². The predicted molar refractivity (Wildman–Crippen MR) is 159 cm³/mol. The van der Waals surface area contributed by atoms with Gasteiger partial charge in [-0.25, -0.2) is 4.98 Å². The number of ether oxygens (including phenoxy) is 2. The lowest BCUT2D eigenvalue weighted by atomic mass is 9.84. The van der Waals surface area contributed by atoms with Crippen molar-refractivity contribution in [1.29, 1.82) is 0 Å². The van der Waals surface area contributed by atoms with E-state index in [0.29, 0.717) is 41.3 Å². The van der Waals surface area contributed by atoms with Crippen molar-refractivity contribution >= 4 is 34.9 Å². The van der Waals surface area contributed by atoms with E-state index in [4.69, 9.17) is 14.5 Å². The summed E-state index contributed by atoms with van der Waals surface area (Å²) in [5.41, 5.74) is 2.97. The van der Waals surface area contributed by atoms with Crippen LogP contribution in [0.15, 0.2) is 30.6 Å². The van der Waals surface area contributed by atoms with E-state index in [1.807, 2.05) is 0 Å². The Balaban J connectivity index is 1.45. The van der Waals surface area contributed by atoms with Crippen molar-refractivity contribution in [3.63, 3.8) is 0 Å². The van der Waals surface area contributed by atoms with E-state index >= 15 is 0 Å². The van der Waals surface area contributed by atoms with Gasteiger partial charge in [-0.05, 0) is 63.0 Å². The Hall–Kier alpha value is -3.69. The SMILES string of the molecule is CC(C)CCNc1nc(NCc2ccc(C3CCCCC3)cc2)nc2c1ncn2CC(=O)OCOC(=O)C(C)(C)C. The molecule has 4 rings (SSSR count). The van der Waals surface area contributed by atoms with E-state index < -0.39 is 24.1 Å². The quantitative estimate of drug-likeness (QED) is 0.200. The minimum atomic E-state index is -0.677. The molecule has 0 saturated heterocycles. The molecule has 10 nitrogen and oxygen atoms in total. The van der Waals surface area contributed by atoms with Crippen LogP contribution < -0.4 is 10.6 Å². The highest BCUT2D eigenvalue weighted by Crippen LogP contribution is 2.32. The summed E-state index contributed by atoms with van der Waals surface area (Å²) in [6.07, 6.45) is 9.07. The van der Waals surface area contributed by atoms with Crippen molar-refractivity contribution in [1.82, 2.24) is 19.5 Å². The van der Waals surface area contributed by atoms with Gasteiger partial charge in [-0.3, -0.25) is 9.59 Å². The average molecular weight is 565 g/mol. The minimum Gasteiger partial charge on any atom is -0.427 e. The maximum atomic E-state index is 12.5. The zero-order chi connectivity index (χ0) is 29.4. The van der Waals surface area contributed by atoms with E-state index in [-0.39, 0.29) is 6.54 Å². The van der Waals surface area contributed by atoms with Gasteiger partial charge in [-0.2, -0.15) is 9.97 Å². The fourth-order valence-corrected chi connectivity index (χ4v) is 4.82. The molecule has 3 aromatic rings. The number of carbonyl (C=O) groups is 2. The summed E-state index contributed by atoms with van der Waals surface area (Å²) >= 11 is 0. The molecule has 41 heavy (non-hydrogen) atoms. The van der Waals surface area contributed by atoms with Crippen molar-refractivity contribution in [2.45, 2.75) is 92.2 Å². The Bertz CT molecular complexity index is 1310. The van der Waals surface area contributed by atoms with Gasteiger partial charge >= 0.3 is 11.9 Å². The monoisotopic (exact) mass is 564 g/mol. The second-order valence-electron chi connectivity index (χ2n) is 12.3. The van der Waals surface area contributed by atoms with Crippen LogP contribution in [0.5, 0.6) is 0 Å². The van der Waals surface area contributed by atoms with Gasteiger partial charge in [0.05, 0.1) is 11.7 Å². The van der Waals surface area contributed by atoms with Crippen LogP contribution in [0, 0.1) is 11.3 Å². The first kappa shape index (κ1) is 30.3. The zero-order valence-corrected chi connectivity index (χ0v) is 25.0. The fraction of sp³-hybridized carbons (Fsp3) is 0.581. The number of imidazole rings is 1. The molecule has 2 N–H and O–H groups in total. The normalized spacial score (nSPS) is 14.3. The summed E-state index contributed by atoms with van der Waals surface area (Å²) in [5.74, 6) is 1.25. The number of nitrogens with one attached hydrogen (secondary N) is 2. The van der Waals surface area contributed by atoms with Crippen molar-refractivity contribution < 1.29 is 19.1 Å². The number of carbonyl (C=O) groups excluding carboxylic acids is 2. The third kappa shape index (κ3) is 8.65. The summed E-state index contributed by atoms with van der Waals surface area (Å²) < 4.78 is 11.8. The number of anilines is 2. The molecule has 0 radical (unpaired) electrons. The van der Waals surface area contributed by atoms with Crippen LogP contribution in [-0.2, 0) is 32.2 Å². The molecule has 1 aliphatic carbocycles. The second-order valence-corrected chi connectivity index (χ2v) is 12.3. The van der Waals surface area contributed by atoms with E-state index in [0.717, 1.165) is 18.5 Å². The van der Waals surface area contributed by atoms with Gasteiger partial charge in [0.25, 0.3) is 0 Å².